The molecule has 0 heterocycles. The van der Waals surface area contributed by atoms with Gasteiger partial charge in [0.2, 0.25) is 0 Å². The molecule has 0 aliphatic heterocycles. The summed E-state index contributed by atoms with van der Waals surface area (Å²) in [7, 11) is 1.54. The van der Waals surface area contributed by atoms with E-state index in [2.05, 4.69) is 19.2 Å². The summed E-state index contributed by atoms with van der Waals surface area (Å²) in [6.07, 6.45) is 3.96. The van der Waals surface area contributed by atoms with Crippen LogP contribution in [0.5, 0.6) is 5.75 Å². The summed E-state index contributed by atoms with van der Waals surface area (Å²) in [6, 6.07) is 7.15. The van der Waals surface area contributed by atoms with Gasteiger partial charge in [-0.1, -0.05) is 26.7 Å². The molecular formula is C16H22N2O2. The lowest BCUT2D eigenvalue weighted by molar-refractivity contribution is 0.0932. The molecule has 4 heteroatoms. The third-order valence-electron chi connectivity index (χ3n) is 3.20. The lowest BCUT2D eigenvalue weighted by atomic mass is 10.0. The van der Waals surface area contributed by atoms with Crippen LogP contribution in [0.25, 0.3) is 0 Å². The molecule has 0 fully saturated rings. The van der Waals surface area contributed by atoms with Crippen molar-refractivity contribution in [3.63, 3.8) is 0 Å². The molecule has 0 radical (unpaired) electrons. The van der Waals surface area contributed by atoms with Gasteiger partial charge < -0.3 is 10.1 Å². The van der Waals surface area contributed by atoms with Crippen LogP contribution in [-0.2, 0) is 0 Å². The van der Waals surface area contributed by atoms with Crippen LogP contribution >= 0.6 is 0 Å². The zero-order valence-corrected chi connectivity index (χ0v) is 12.4. The van der Waals surface area contributed by atoms with Gasteiger partial charge in [-0.05, 0) is 31.0 Å². The van der Waals surface area contributed by atoms with Crippen LogP contribution in [-0.4, -0.2) is 19.1 Å². The Bertz CT molecular complexity index is 486. The van der Waals surface area contributed by atoms with E-state index >= 15 is 0 Å². The molecule has 0 saturated heterocycles. The van der Waals surface area contributed by atoms with E-state index in [0.717, 1.165) is 25.7 Å². The van der Waals surface area contributed by atoms with Crippen molar-refractivity contribution in [2.24, 2.45) is 0 Å². The zero-order chi connectivity index (χ0) is 15.0. The standard InChI is InChI=1S/C16H22N2O2/c1-4-6-13(7-5-2)18-16(19)15-9-8-14(20-3)10-12(15)11-17/h8-10,13H,4-7H2,1-3H3,(H,18,19). The fourth-order valence-corrected chi connectivity index (χ4v) is 2.19. The first-order chi connectivity index (χ1) is 9.65. The Hall–Kier alpha value is -2.02. The molecule has 1 rings (SSSR count). The number of amides is 1. The summed E-state index contributed by atoms with van der Waals surface area (Å²) in [6.45, 7) is 4.20. The molecule has 0 spiro atoms. The first kappa shape index (κ1) is 16.0. The van der Waals surface area contributed by atoms with Gasteiger partial charge in [-0.25, -0.2) is 0 Å². The molecule has 0 saturated carbocycles. The number of nitrogens with one attached hydrogen (secondary N) is 1. The molecule has 20 heavy (non-hydrogen) atoms. The Morgan fingerprint density at radius 1 is 1.35 bits per heavy atom. The smallest absolute Gasteiger partial charge is 0.252 e. The van der Waals surface area contributed by atoms with Gasteiger partial charge in [0.1, 0.15) is 11.8 Å². The molecule has 0 aliphatic carbocycles. The lowest BCUT2D eigenvalue weighted by Gasteiger charge is -2.17. The number of nitrogens with zero attached hydrogens (tertiary/aromatic N) is 1. The van der Waals surface area contributed by atoms with Crippen molar-refractivity contribution in [3.05, 3.63) is 29.3 Å². The number of methoxy groups -OCH3 is 1. The fraction of sp³-hybridized carbons (Fsp3) is 0.500. The summed E-state index contributed by atoms with van der Waals surface area (Å²) in [4.78, 5) is 12.3. The second-order valence-corrected chi connectivity index (χ2v) is 4.77. The summed E-state index contributed by atoms with van der Waals surface area (Å²) >= 11 is 0. The number of rotatable bonds is 7. The van der Waals surface area contributed by atoms with Gasteiger partial charge >= 0.3 is 0 Å². The molecular weight excluding hydrogens is 252 g/mol. The maximum Gasteiger partial charge on any atom is 0.252 e. The van der Waals surface area contributed by atoms with Crippen molar-refractivity contribution in [2.45, 2.75) is 45.6 Å². The van der Waals surface area contributed by atoms with Crippen molar-refractivity contribution >= 4 is 5.91 Å². The number of benzene rings is 1. The average Bonchev–Trinajstić information content (AvgIpc) is 2.46. The minimum atomic E-state index is -0.184. The molecule has 1 amide bonds. The highest BCUT2D eigenvalue weighted by Gasteiger charge is 2.16. The molecule has 1 aromatic rings. The Balaban J connectivity index is 2.88. The second kappa shape index (κ2) is 8.21. The summed E-state index contributed by atoms with van der Waals surface area (Å²) in [5.41, 5.74) is 0.749. The molecule has 0 aliphatic rings. The topological polar surface area (TPSA) is 62.1 Å². The minimum absolute atomic E-state index is 0.172. The highest BCUT2D eigenvalue weighted by Crippen LogP contribution is 2.17. The van der Waals surface area contributed by atoms with E-state index in [9.17, 15) is 4.79 Å². The molecule has 1 N–H and O–H groups in total. The van der Waals surface area contributed by atoms with Gasteiger partial charge in [-0.3, -0.25) is 4.79 Å². The van der Waals surface area contributed by atoms with Crippen LogP contribution < -0.4 is 10.1 Å². The molecule has 0 bridgehead atoms. The Kier molecular flexibility index (Phi) is 6.58. The molecule has 0 atom stereocenters. The number of carbonyl (C=O) groups is 1. The van der Waals surface area contributed by atoms with Gasteiger partial charge in [-0.2, -0.15) is 5.26 Å². The molecule has 4 nitrogen and oxygen atoms in total. The van der Waals surface area contributed by atoms with E-state index in [1.165, 1.54) is 7.11 Å². The fourth-order valence-electron chi connectivity index (χ4n) is 2.19. The van der Waals surface area contributed by atoms with Crippen LogP contribution in [0.3, 0.4) is 0 Å². The summed E-state index contributed by atoms with van der Waals surface area (Å²) < 4.78 is 5.07. The SMILES string of the molecule is CCCC(CCC)NC(=O)c1ccc(OC)cc1C#N. The summed E-state index contributed by atoms with van der Waals surface area (Å²) in [5.74, 6) is 0.396. The van der Waals surface area contributed by atoms with Crippen LogP contribution in [0, 0.1) is 11.3 Å². The van der Waals surface area contributed by atoms with Crippen LogP contribution in [0.15, 0.2) is 18.2 Å². The molecule has 0 aromatic heterocycles. The molecule has 108 valence electrons. The van der Waals surface area contributed by atoms with Crippen LogP contribution in [0.4, 0.5) is 0 Å². The third-order valence-corrected chi connectivity index (χ3v) is 3.20. The third kappa shape index (κ3) is 4.27. The van der Waals surface area contributed by atoms with Crippen molar-refractivity contribution < 1.29 is 9.53 Å². The normalized spacial score (nSPS) is 10.2. The highest BCUT2D eigenvalue weighted by molar-refractivity contribution is 5.97. The van der Waals surface area contributed by atoms with Crippen molar-refractivity contribution in [3.8, 4) is 11.8 Å². The van der Waals surface area contributed by atoms with E-state index in [1.54, 1.807) is 18.2 Å². The highest BCUT2D eigenvalue weighted by atomic mass is 16.5. The quantitative estimate of drug-likeness (QED) is 0.830. The number of nitriles is 1. The van der Waals surface area contributed by atoms with Gasteiger partial charge in [-0.15, -0.1) is 0 Å². The van der Waals surface area contributed by atoms with Crippen molar-refractivity contribution in [2.75, 3.05) is 7.11 Å². The predicted octanol–water partition coefficient (Wildman–Crippen LogP) is 3.27. The predicted molar refractivity (Wildman–Crippen MR) is 78.8 cm³/mol. The number of hydrogen-bond donors (Lipinski definition) is 1. The molecule has 0 unspecified atom stereocenters. The number of hydrogen-bond acceptors (Lipinski definition) is 3. The average molecular weight is 274 g/mol. The van der Waals surface area contributed by atoms with Crippen molar-refractivity contribution in [1.29, 1.82) is 5.26 Å². The maximum absolute atomic E-state index is 12.3. The lowest BCUT2D eigenvalue weighted by Crippen LogP contribution is -2.35. The van der Waals surface area contributed by atoms with E-state index in [4.69, 9.17) is 10.00 Å². The number of carbonyl (C=O) groups excluding carboxylic acids is 1. The monoisotopic (exact) mass is 274 g/mol. The molecule has 1 aromatic carbocycles. The minimum Gasteiger partial charge on any atom is -0.497 e. The largest absolute Gasteiger partial charge is 0.497 e. The Morgan fingerprint density at radius 3 is 2.50 bits per heavy atom. The van der Waals surface area contributed by atoms with E-state index in [-0.39, 0.29) is 11.9 Å². The van der Waals surface area contributed by atoms with Gasteiger partial charge in [0, 0.05) is 6.04 Å². The van der Waals surface area contributed by atoms with Crippen LogP contribution in [0.2, 0.25) is 0 Å². The first-order valence-electron chi connectivity index (χ1n) is 7.05. The number of ether oxygens (including phenoxy) is 1. The first-order valence-corrected chi connectivity index (χ1v) is 7.05. The van der Waals surface area contributed by atoms with Crippen molar-refractivity contribution in [1.82, 2.24) is 5.32 Å². The Labute approximate surface area is 120 Å². The maximum atomic E-state index is 12.3. The van der Waals surface area contributed by atoms with Gasteiger partial charge in [0.05, 0.1) is 18.2 Å². The summed E-state index contributed by atoms with van der Waals surface area (Å²) in [5, 5.41) is 12.2. The van der Waals surface area contributed by atoms with Gasteiger partial charge in [0.15, 0.2) is 0 Å². The van der Waals surface area contributed by atoms with E-state index < -0.39 is 0 Å². The van der Waals surface area contributed by atoms with E-state index in [0.29, 0.717) is 16.9 Å². The van der Waals surface area contributed by atoms with E-state index in [1.807, 2.05) is 6.07 Å². The van der Waals surface area contributed by atoms with Crippen LogP contribution in [0.1, 0.15) is 55.5 Å². The second-order valence-electron chi connectivity index (χ2n) is 4.77. The Morgan fingerprint density at radius 2 is 2.00 bits per heavy atom. The zero-order valence-electron chi connectivity index (χ0n) is 12.4. The van der Waals surface area contributed by atoms with Gasteiger partial charge in [0.25, 0.3) is 5.91 Å².